The summed E-state index contributed by atoms with van der Waals surface area (Å²) in [6.07, 6.45) is 0.629. The van der Waals surface area contributed by atoms with E-state index in [-0.39, 0.29) is 18.2 Å². The first-order valence-corrected chi connectivity index (χ1v) is 8.62. The van der Waals surface area contributed by atoms with E-state index >= 15 is 0 Å². The van der Waals surface area contributed by atoms with Crippen LogP contribution in [0.2, 0.25) is 10.0 Å². The maximum absolute atomic E-state index is 12.5. The van der Waals surface area contributed by atoms with Crippen LogP contribution in [0, 0.1) is 0 Å². The Hall–Kier alpha value is -1.79. The van der Waals surface area contributed by atoms with E-state index in [4.69, 9.17) is 27.9 Å². The highest BCUT2D eigenvalue weighted by molar-refractivity contribution is 6.35. The van der Waals surface area contributed by atoms with Crippen LogP contribution < -0.4 is 5.32 Å². The van der Waals surface area contributed by atoms with Crippen LogP contribution in [-0.2, 0) is 25.5 Å². The van der Waals surface area contributed by atoms with Crippen LogP contribution in [0.5, 0.6) is 0 Å². The molecule has 0 spiro atoms. The predicted molar refractivity (Wildman–Crippen MR) is 94.5 cm³/mol. The number of nitrogens with one attached hydrogen (secondary N) is 1. The van der Waals surface area contributed by atoms with Crippen LogP contribution in [0.3, 0.4) is 0 Å². The van der Waals surface area contributed by atoms with E-state index in [1.54, 1.807) is 23.1 Å². The maximum atomic E-state index is 12.5. The van der Waals surface area contributed by atoms with Gasteiger partial charge in [0.1, 0.15) is 5.54 Å². The summed E-state index contributed by atoms with van der Waals surface area (Å²) in [6, 6.07) is 4.89. The van der Waals surface area contributed by atoms with Crippen molar-refractivity contribution in [3.05, 3.63) is 33.8 Å². The molecule has 1 aromatic carbocycles. The number of carbonyl (C=O) groups excluding carboxylic acids is 3. The molecule has 25 heavy (non-hydrogen) atoms. The van der Waals surface area contributed by atoms with Crippen molar-refractivity contribution in [3.63, 3.8) is 0 Å². The predicted octanol–water partition coefficient (Wildman–Crippen LogP) is 2.21. The Morgan fingerprint density at radius 3 is 2.40 bits per heavy atom. The molecule has 1 fully saturated rings. The minimum absolute atomic E-state index is 0.0190. The van der Waals surface area contributed by atoms with Crippen molar-refractivity contribution in [2.24, 2.45) is 0 Å². The Morgan fingerprint density at radius 1 is 1.24 bits per heavy atom. The van der Waals surface area contributed by atoms with E-state index in [9.17, 15) is 14.4 Å². The van der Waals surface area contributed by atoms with Crippen molar-refractivity contribution in [1.29, 1.82) is 0 Å². The summed E-state index contributed by atoms with van der Waals surface area (Å²) in [5.41, 5.74) is -0.513. The zero-order valence-corrected chi connectivity index (χ0v) is 15.6. The summed E-state index contributed by atoms with van der Waals surface area (Å²) < 4.78 is 4.88. The summed E-state index contributed by atoms with van der Waals surface area (Å²) in [5.74, 6) is -0.908. The highest BCUT2D eigenvalue weighted by atomic mass is 35.5. The largest absolute Gasteiger partial charge is 0.467 e. The van der Waals surface area contributed by atoms with Crippen LogP contribution in [0.1, 0.15) is 25.3 Å². The number of esters is 1. The summed E-state index contributed by atoms with van der Waals surface area (Å²) >= 11 is 11.9. The third-order valence-electron chi connectivity index (χ3n) is 4.38. The maximum Gasteiger partial charge on any atom is 0.331 e. The molecule has 1 aliphatic rings. The lowest BCUT2D eigenvalue weighted by molar-refractivity contribution is -0.154. The Labute approximate surface area is 156 Å². The number of halogens is 2. The second-order valence-corrected chi connectivity index (χ2v) is 6.88. The van der Waals surface area contributed by atoms with Gasteiger partial charge in [-0.3, -0.25) is 9.59 Å². The third kappa shape index (κ3) is 4.64. The number of carbonyl (C=O) groups is 3. The minimum Gasteiger partial charge on any atom is -0.467 e. The molecule has 0 saturated carbocycles. The van der Waals surface area contributed by atoms with Gasteiger partial charge in [-0.15, -0.1) is 0 Å². The molecule has 6 nitrogen and oxygen atoms in total. The molecular formula is C17H20Cl2N2O4. The first-order chi connectivity index (χ1) is 11.8. The van der Waals surface area contributed by atoms with E-state index in [0.29, 0.717) is 41.5 Å². The molecule has 0 bridgehead atoms. The average Bonchev–Trinajstić information content (AvgIpc) is 2.57. The molecule has 0 aromatic heterocycles. The normalized spacial score (nSPS) is 16.2. The molecule has 0 atom stereocenters. The minimum atomic E-state index is -1.13. The molecule has 2 rings (SSSR count). The average molecular weight is 387 g/mol. The fraction of sp³-hybridized carbons (Fsp3) is 0.471. The molecule has 0 aliphatic carbocycles. The van der Waals surface area contributed by atoms with Crippen LogP contribution >= 0.6 is 23.2 Å². The van der Waals surface area contributed by atoms with E-state index in [1.807, 2.05) is 0 Å². The van der Waals surface area contributed by atoms with Crippen molar-refractivity contribution in [2.45, 2.75) is 31.7 Å². The van der Waals surface area contributed by atoms with Gasteiger partial charge in [0, 0.05) is 30.1 Å². The van der Waals surface area contributed by atoms with Gasteiger partial charge in [0.15, 0.2) is 0 Å². The van der Waals surface area contributed by atoms with Gasteiger partial charge in [-0.2, -0.15) is 0 Å². The highest BCUT2D eigenvalue weighted by Gasteiger charge is 2.44. The molecule has 1 saturated heterocycles. The zero-order valence-electron chi connectivity index (χ0n) is 14.1. The molecule has 8 heteroatoms. The smallest absolute Gasteiger partial charge is 0.331 e. The summed E-state index contributed by atoms with van der Waals surface area (Å²) in [6.45, 7) is 2.24. The number of hydrogen-bond donors (Lipinski definition) is 1. The van der Waals surface area contributed by atoms with E-state index in [1.165, 1.54) is 14.0 Å². The number of likely N-dealkylation sites (tertiary alicyclic amines) is 1. The van der Waals surface area contributed by atoms with Crippen LogP contribution in [0.25, 0.3) is 0 Å². The standard InChI is InChI=1S/C17H20Cl2N2O4/c1-11(22)21-7-5-17(6-8-21,16(24)25-2)20-15(23)9-12-3-4-13(18)10-14(12)19/h3-4,10H,5-9H2,1-2H3,(H,20,23). The quantitative estimate of drug-likeness (QED) is 0.804. The number of methoxy groups -OCH3 is 1. The van der Waals surface area contributed by atoms with Crippen molar-refractivity contribution in [2.75, 3.05) is 20.2 Å². The molecule has 1 aromatic rings. The molecule has 0 radical (unpaired) electrons. The lowest BCUT2D eigenvalue weighted by Gasteiger charge is -2.39. The molecule has 2 amide bonds. The number of piperidine rings is 1. The van der Waals surface area contributed by atoms with Gasteiger partial charge in [-0.1, -0.05) is 29.3 Å². The lowest BCUT2D eigenvalue weighted by atomic mass is 9.87. The van der Waals surface area contributed by atoms with Gasteiger partial charge in [0.2, 0.25) is 11.8 Å². The van der Waals surface area contributed by atoms with Crippen LogP contribution in [-0.4, -0.2) is 48.4 Å². The summed E-state index contributed by atoms with van der Waals surface area (Å²) in [7, 11) is 1.28. The first kappa shape index (κ1) is 19.5. The zero-order chi connectivity index (χ0) is 18.6. The SMILES string of the molecule is COC(=O)C1(NC(=O)Cc2ccc(Cl)cc2Cl)CCN(C(C)=O)CC1. The van der Waals surface area contributed by atoms with Crippen molar-refractivity contribution < 1.29 is 19.1 Å². The van der Waals surface area contributed by atoms with E-state index in [2.05, 4.69) is 5.32 Å². The van der Waals surface area contributed by atoms with Gasteiger partial charge >= 0.3 is 5.97 Å². The second-order valence-electron chi connectivity index (χ2n) is 6.04. The summed E-state index contributed by atoms with van der Waals surface area (Å²) in [4.78, 5) is 37.9. The molecule has 136 valence electrons. The van der Waals surface area contributed by atoms with Gasteiger partial charge in [-0.25, -0.2) is 4.79 Å². The molecule has 0 unspecified atom stereocenters. The van der Waals surface area contributed by atoms with Crippen molar-refractivity contribution >= 4 is 41.0 Å². The topological polar surface area (TPSA) is 75.7 Å². The van der Waals surface area contributed by atoms with Crippen LogP contribution in [0.4, 0.5) is 0 Å². The van der Waals surface area contributed by atoms with Gasteiger partial charge in [0.05, 0.1) is 13.5 Å². The van der Waals surface area contributed by atoms with E-state index in [0.717, 1.165) is 0 Å². The van der Waals surface area contributed by atoms with Gasteiger partial charge in [0.25, 0.3) is 0 Å². The number of amides is 2. The third-order valence-corrected chi connectivity index (χ3v) is 4.97. The fourth-order valence-corrected chi connectivity index (χ4v) is 3.40. The number of ether oxygens (including phenoxy) is 1. The summed E-state index contributed by atoms with van der Waals surface area (Å²) in [5, 5.41) is 3.66. The molecule has 1 heterocycles. The van der Waals surface area contributed by atoms with Crippen molar-refractivity contribution in [1.82, 2.24) is 10.2 Å². The lowest BCUT2D eigenvalue weighted by Crippen LogP contribution is -2.61. The number of rotatable bonds is 4. The van der Waals surface area contributed by atoms with E-state index < -0.39 is 11.5 Å². The van der Waals surface area contributed by atoms with Gasteiger partial charge < -0.3 is 15.0 Å². The second kappa shape index (κ2) is 8.06. The Balaban J connectivity index is 2.10. The molecular weight excluding hydrogens is 367 g/mol. The Morgan fingerprint density at radius 2 is 1.88 bits per heavy atom. The monoisotopic (exact) mass is 386 g/mol. The Bertz CT molecular complexity index is 685. The highest BCUT2D eigenvalue weighted by Crippen LogP contribution is 2.25. The number of benzene rings is 1. The molecule has 1 aliphatic heterocycles. The fourth-order valence-electron chi connectivity index (χ4n) is 2.93. The Kier molecular flexibility index (Phi) is 6.30. The van der Waals surface area contributed by atoms with Crippen molar-refractivity contribution in [3.8, 4) is 0 Å². The molecule has 1 N–H and O–H groups in total. The number of nitrogens with zero attached hydrogens (tertiary/aromatic N) is 1. The number of hydrogen-bond acceptors (Lipinski definition) is 4. The first-order valence-electron chi connectivity index (χ1n) is 7.86. The van der Waals surface area contributed by atoms with Gasteiger partial charge in [-0.05, 0) is 30.5 Å². The van der Waals surface area contributed by atoms with Crippen LogP contribution in [0.15, 0.2) is 18.2 Å².